The number of hydrogen-bond acceptors (Lipinski definition) is 5. The maximum absolute atomic E-state index is 12.1. The zero-order valence-electron chi connectivity index (χ0n) is 16.0. The predicted octanol–water partition coefficient (Wildman–Crippen LogP) is 2.19. The van der Waals surface area contributed by atoms with E-state index < -0.39 is 11.7 Å². The highest BCUT2D eigenvalue weighted by Crippen LogP contribution is 2.10. The molecule has 0 aromatic heterocycles. The van der Waals surface area contributed by atoms with Crippen molar-refractivity contribution in [3.8, 4) is 0 Å². The van der Waals surface area contributed by atoms with Crippen LogP contribution in [0.25, 0.3) is 0 Å². The van der Waals surface area contributed by atoms with E-state index in [-0.39, 0.29) is 12.0 Å². The lowest BCUT2D eigenvalue weighted by Gasteiger charge is -2.27. The van der Waals surface area contributed by atoms with Crippen LogP contribution in [0.4, 0.5) is 4.79 Å². The molecule has 2 amide bonds. The van der Waals surface area contributed by atoms with Crippen LogP contribution in [0.5, 0.6) is 0 Å². The Morgan fingerprint density at radius 2 is 1.79 bits per heavy atom. The fraction of sp³-hybridized carbons (Fsp3) is 0.882. The molecular formula is C17H34N2O5. The van der Waals surface area contributed by atoms with Crippen LogP contribution < -0.4 is 5.32 Å². The first-order valence-electron chi connectivity index (χ1n) is 8.66. The number of carbonyl (C=O) groups is 2. The van der Waals surface area contributed by atoms with Crippen molar-refractivity contribution in [3.05, 3.63) is 0 Å². The smallest absolute Gasteiger partial charge is 0.410 e. The van der Waals surface area contributed by atoms with Crippen LogP contribution in [0.15, 0.2) is 0 Å². The summed E-state index contributed by atoms with van der Waals surface area (Å²) >= 11 is 0. The van der Waals surface area contributed by atoms with E-state index in [4.69, 9.17) is 14.2 Å². The van der Waals surface area contributed by atoms with Crippen molar-refractivity contribution >= 4 is 12.0 Å². The highest BCUT2D eigenvalue weighted by atomic mass is 16.6. The number of hydrogen-bond donors (Lipinski definition) is 1. The molecule has 0 spiro atoms. The van der Waals surface area contributed by atoms with E-state index >= 15 is 0 Å². The van der Waals surface area contributed by atoms with Gasteiger partial charge in [-0.1, -0.05) is 6.92 Å². The molecule has 0 bridgehead atoms. The highest BCUT2D eigenvalue weighted by Gasteiger charge is 2.21. The predicted molar refractivity (Wildman–Crippen MR) is 93.0 cm³/mol. The molecule has 1 N–H and O–H groups in total. The molecule has 0 saturated carbocycles. The molecule has 0 fully saturated rings. The molecule has 7 nitrogen and oxygen atoms in total. The van der Waals surface area contributed by atoms with E-state index in [0.29, 0.717) is 39.5 Å². The van der Waals surface area contributed by atoms with Gasteiger partial charge in [-0.3, -0.25) is 4.79 Å². The third-order valence-corrected chi connectivity index (χ3v) is 3.00. The molecule has 0 aromatic rings. The maximum Gasteiger partial charge on any atom is 0.410 e. The van der Waals surface area contributed by atoms with E-state index in [2.05, 4.69) is 5.32 Å². The normalized spacial score (nSPS) is 12.6. The van der Waals surface area contributed by atoms with Crippen molar-refractivity contribution in [3.63, 3.8) is 0 Å². The molecule has 1 atom stereocenters. The summed E-state index contributed by atoms with van der Waals surface area (Å²) in [7, 11) is 0. The number of ether oxygens (including phenoxy) is 3. The summed E-state index contributed by atoms with van der Waals surface area (Å²) < 4.78 is 15.9. The van der Waals surface area contributed by atoms with Gasteiger partial charge in [0, 0.05) is 26.2 Å². The molecule has 0 heterocycles. The van der Waals surface area contributed by atoms with E-state index in [0.717, 1.165) is 6.42 Å². The van der Waals surface area contributed by atoms with Gasteiger partial charge in [-0.25, -0.2) is 4.79 Å². The minimum absolute atomic E-state index is 0.202. The van der Waals surface area contributed by atoms with Crippen molar-refractivity contribution in [2.24, 2.45) is 0 Å². The third kappa shape index (κ3) is 11.2. The first kappa shape index (κ1) is 22.7. The number of amides is 2. The van der Waals surface area contributed by atoms with Gasteiger partial charge in [0.2, 0.25) is 5.91 Å². The van der Waals surface area contributed by atoms with Crippen LogP contribution >= 0.6 is 0 Å². The molecule has 1 unspecified atom stereocenters. The van der Waals surface area contributed by atoms with Crippen molar-refractivity contribution in [2.75, 3.05) is 39.5 Å². The number of nitrogens with one attached hydrogen (secondary N) is 1. The molecule has 0 rings (SSSR count). The van der Waals surface area contributed by atoms with Gasteiger partial charge in [-0.05, 0) is 41.0 Å². The quantitative estimate of drug-likeness (QED) is 0.580. The van der Waals surface area contributed by atoms with Gasteiger partial charge in [0.15, 0.2) is 0 Å². The number of carbonyl (C=O) groups excluding carboxylic acids is 2. The van der Waals surface area contributed by atoms with Gasteiger partial charge in [-0.2, -0.15) is 0 Å². The topological polar surface area (TPSA) is 77.1 Å². The van der Waals surface area contributed by atoms with Crippen LogP contribution in [0.3, 0.4) is 0 Å². The summed E-state index contributed by atoms with van der Waals surface area (Å²) in [6, 6.07) is 0. The summed E-state index contributed by atoms with van der Waals surface area (Å²) in [4.78, 5) is 25.7. The monoisotopic (exact) mass is 346 g/mol. The van der Waals surface area contributed by atoms with Gasteiger partial charge in [-0.15, -0.1) is 0 Å². The Morgan fingerprint density at radius 3 is 2.33 bits per heavy atom. The lowest BCUT2D eigenvalue weighted by Crippen LogP contribution is -2.43. The van der Waals surface area contributed by atoms with Crippen molar-refractivity contribution in [2.45, 2.75) is 59.7 Å². The van der Waals surface area contributed by atoms with E-state index in [9.17, 15) is 9.59 Å². The average molecular weight is 346 g/mol. The molecule has 0 aromatic carbocycles. The van der Waals surface area contributed by atoms with Gasteiger partial charge < -0.3 is 24.4 Å². The maximum atomic E-state index is 12.1. The number of nitrogens with zero attached hydrogens (tertiary/aromatic N) is 1. The lowest BCUT2D eigenvalue weighted by molar-refractivity contribution is -0.132. The van der Waals surface area contributed by atoms with E-state index in [1.54, 1.807) is 11.8 Å². The summed E-state index contributed by atoms with van der Waals surface area (Å²) in [5, 5.41) is 2.78. The Kier molecular flexibility index (Phi) is 11.4. The fourth-order valence-electron chi connectivity index (χ4n) is 1.85. The molecule has 0 aliphatic carbocycles. The summed E-state index contributed by atoms with van der Waals surface area (Å²) in [6.07, 6.45) is -0.0874. The minimum Gasteiger partial charge on any atom is -0.444 e. The second-order valence-corrected chi connectivity index (χ2v) is 6.47. The first-order valence-corrected chi connectivity index (χ1v) is 8.66. The molecule has 142 valence electrons. The molecule has 0 saturated heterocycles. The van der Waals surface area contributed by atoms with Crippen molar-refractivity contribution < 1.29 is 23.8 Å². The van der Waals surface area contributed by atoms with Crippen LogP contribution in [0.2, 0.25) is 0 Å². The SMILES string of the molecule is CCCN(CCNC(=O)C(C)OCCOCC)C(=O)OC(C)(C)C. The zero-order valence-corrected chi connectivity index (χ0v) is 16.0. The molecule has 24 heavy (non-hydrogen) atoms. The van der Waals surface area contributed by atoms with Gasteiger partial charge in [0.1, 0.15) is 11.7 Å². The second-order valence-electron chi connectivity index (χ2n) is 6.47. The molecular weight excluding hydrogens is 312 g/mol. The Labute approximate surface area is 146 Å². The third-order valence-electron chi connectivity index (χ3n) is 3.00. The second kappa shape index (κ2) is 12.1. The molecule has 7 heteroatoms. The standard InChI is InChI=1S/C17H34N2O5/c1-7-10-19(16(21)24-17(4,5)6)11-9-18-15(20)14(3)23-13-12-22-8-2/h14H,7-13H2,1-6H3,(H,18,20). The van der Waals surface area contributed by atoms with E-state index in [1.807, 2.05) is 34.6 Å². The van der Waals surface area contributed by atoms with Crippen molar-refractivity contribution in [1.82, 2.24) is 10.2 Å². The Hall–Kier alpha value is -1.34. The highest BCUT2D eigenvalue weighted by molar-refractivity contribution is 5.80. The van der Waals surface area contributed by atoms with Gasteiger partial charge in [0.25, 0.3) is 0 Å². The van der Waals surface area contributed by atoms with Crippen LogP contribution in [0, 0.1) is 0 Å². The largest absolute Gasteiger partial charge is 0.444 e. The Balaban J connectivity index is 4.17. The lowest BCUT2D eigenvalue weighted by atomic mass is 10.2. The van der Waals surface area contributed by atoms with E-state index in [1.165, 1.54) is 0 Å². The minimum atomic E-state index is -0.549. The number of rotatable bonds is 11. The van der Waals surface area contributed by atoms with Crippen LogP contribution in [0.1, 0.15) is 48.0 Å². The first-order chi connectivity index (χ1) is 11.2. The average Bonchev–Trinajstić information content (AvgIpc) is 2.48. The molecule has 0 radical (unpaired) electrons. The summed E-state index contributed by atoms with van der Waals surface area (Å²) in [5.74, 6) is -0.202. The molecule has 0 aliphatic heterocycles. The van der Waals surface area contributed by atoms with Crippen LogP contribution in [-0.4, -0.2) is 68.1 Å². The zero-order chi connectivity index (χ0) is 18.6. The van der Waals surface area contributed by atoms with Gasteiger partial charge in [0.05, 0.1) is 13.2 Å². The fourth-order valence-corrected chi connectivity index (χ4v) is 1.85. The van der Waals surface area contributed by atoms with Gasteiger partial charge >= 0.3 is 6.09 Å². The Bertz CT molecular complexity index is 368. The van der Waals surface area contributed by atoms with Crippen LogP contribution in [-0.2, 0) is 19.0 Å². The Morgan fingerprint density at radius 1 is 1.12 bits per heavy atom. The summed E-state index contributed by atoms with van der Waals surface area (Å²) in [5.41, 5.74) is -0.533. The van der Waals surface area contributed by atoms with Crippen molar-refractivity contribution in [1.29, 1.82) is 0 Å². The summed E-state index contributed by atoms with van der Waals surface area (Å²) in [6.45, 7) is 13.9. The molecule has 0 aliphatic rings.